The number of aliphatic hydroxyl groups excluding tert-OH is 2. The Morgan fingerprint density at radius 1 is 0.745 bits per heavy atom. The monoisotopic (exact) mass is 690 g/mol. The highest BCUT2D eigenvalue weighted by Gasteiger charge is 2.35. The van der Waals surface area contributed by atoms with E-state index in [9.17, 15) is 19.2 Å². The Morgan fingerprint density at radius 3 is 1.80 bits per heavy atom. The number of hydrogen-bond acceptors (Lipinski definition) is 11. The highest BCUT2D eigenvalue weighted by atomic mass is 16.5. The van der Waals surface area contributed by atoms with Crippen LogP contribution in [-0.2, 0) is 20.9 Å². The van der Waals surface area contributed by atoms with Gasteiger partial charge in [-0.2, -0.15) is 9.98 Å². The van der Waals surface area contributed by atoms with Crippen LogP contribution in [0.4, 0.5) is 11.4 Å². The Hall–Kier alpha value is -5.22. The molecule has 264 valence electrons. The summed E-state index contributed by atoms with van der Waals surface area (Å²) < 4.78 is 5.38. The number of carbonyl (C=O) groups excluding carboxylic acids is 4. The molecule has 2 N–H and O–H groups in total. The van der Waals surface area contributed by atoms with Gasteiger partial charge in [-0.25, -0.2) is 9.59 Å². The summed E-state index contributed by atoms with van der Waals surface area (Å²) in [5.74, 6) is 0.0474. The summed E-state index contributed by atoms with van der Waals surface area (Å²) in [6.45, 7) is 8.62. The summed E-state index contributed by atoms with van der Waals surface area (Å²) >= 11 is 0. The van der Waals surface area contributed by atoms with Gasteiger partial charge in [-0.1, -0.05) is 78.9 Å². The van der Waals surface area contributed by atoms with E-state index in [1.54, 1.807) is 48.5 Å². The summed E-state index contributed by atoms with van der Waals surface area (Å²) in [4.78, 5) is 57.7. The molecule has 0 unspecified atom stereocenters. The maximum absolute atomic E-state index is 12.9. The molecule has 0 amide bonds. The molecule has 11 nitrogen and oxygen atoms in total. The van der Waals surface area contributed by atoms with Crippen LogP contribution in [0, 0.1) is 0 Å². The molecule has 1 saturated heterocycles. The molecule has 0 atom stereocenters. The fourth-order valence-corrected chi connectivity index (χ4v) is 5.76. The van der Waals surface area contributed by atoms with Crippen molar-refractivity contribution in [1.82, 2.24) is 9.80 Å². The number of nitrogens with zero attached hydrogens (tertiary/aromatic N) is 4. The van der Waals surface area contributed by atoms with Crippen LogP contribution in [0.5, 0.6) is 0 Å². The molecule has 11 heteroatoms. The van der Waals surface area contributed by atoms with E-state index in [2.05, 4.69) is 14.9 Å². The first-order chi connectivity index (χ1) is 24.7. The predicted octanol–water partition coefficient (Wildman–Crippen LogP) is 5.29. The molecule has 1 aliphatic rings. The minimum atomic E-state index is -0.550. The van der Waals surface area contributed by atoms with E-state index in [-0.39, 0.29) is 24.8 Å². The average Bonchev–Trinajstić information content (AvgIpc) is 3.16. The van der Waals surface area contributed by atoms with Gasteiger partial charge >= 0.3 is 0 Å². The smallest absolute Gasteiger partial charge is 0.240 e. The zero-order valence-electron chi connectivity index (χ0n) is 28.8. The number of ketones is 2. The largest absolute Gasteiger partial charge is 0.395 e. The molecule has 51 heavy (non-hydrogen) atoms. The van der Waals surface area contributed by atoms with E-state index in [1.807, 2.05) is 61.2 Å². The van der Waals surface area contributed by atoms with Crippen molar-refractivity contribution in [2.45, 2.75) is 25.9 Å². The SMILES string of the molecule is CC(C)(C(=O)c1ccc(CN(CCO)CCO)cc1)N1CCOCC1.O=C=Nc1cc(N=C=O)cc(-c2ccc(C(=O)c3ccccc3)cc2)c1. The van der Waals surface area contributed by atoms with Gasteiger partial charge in [0.05, 0.1) is 43.3 Å². The number of carbonyl (C=O) groups is 2. The van der Waals surface area contributed by atoms with Crippen molar-refractivity contribution in [3.63, 3.8) is 0 Å². The van der Waals surface area contributed by atoms with Crippen molar-refractivity contribution in [2.24, 2.45) is 9.98 Å². The second kappa shape index (κ2) is 19.2. The Bertz CT molecular complexity index is 1800. The van der Waals surface area contributed by atoms with E-state index >= 15 is 0 Å². The van der Waals surface area contributed by atoms with Crippen molar-refractivity contribution >= 4 is 35.1 Å². The molecule has 4 aromatic carbocycles. The van der Waals surface area contributed by atoms with Gasteiger partial charge in [0.25, 0.3) is 0 Å². The zero-order valence-corrected chi connectivity index (χ0v) is 28.8. The van der Waals surface area contributed by atoms with Gasteiger partial charge in [0.2, 0.25) is 12.2 Å². The molecule has 1 aliphatic heterocycles. The second-order valence-corrected chi connectivity index (χ2v) is 12.3. The van der Waals surface area contributed by atoms with Crippen molar-refractivity contribution in [3.8, 4) is 11.1 Å². The minimum absolute atomic E-state index is 0.0598. The molecule has 0 saturated carbocycles. The number of ether oxygens (including phenoxy) is 1. The van der Waals surface area contributed by atoms with Crippen LogP contribution in [0.15, 0.2) is 107 Å². The van der Waals surface area contributed by atoms with Crippen molar-refractivity contribution in [3.05, 3.63) is 119 Å². The van der Waals surface area contributed by atoms with Crippen molar-refractivity contribution in [1.29, 1.82) is 0 Å². The number of aliphatic hydroxyl groups is 2. The molecule has 0 aromatic heterocycles. The van der Waals surface area contributed by atoms with Gasteiger partial charge in [0.1, 0.15) is 0 Å². The fourth-order valence-electron chi connectivity index (χ4n) is 5.76. The van der Waals surface area contributed by atoms with Gasteiger partial charge in [-0.3, -0.25) is 19.4 Å². The molecule has 1 heterocycles. The number of morpholine rings is 1. The number of Topliss-reactive ketones (excluding diaryl/α,β-unsaturated/α-hetero) is 1. The molecule has 4 aromatic rings. The van der Waals surface area contributed by atoms with Gasteiger partial charge in [0.15, 0.2) is 11.6 Å². The third-order valence-electron chi connectivity index (χ3n) is 8.58. The Morgan fingerprint density at radius 2 is 1.27 bits per heavy atom. The molecule has 0 bridgehead atoms. The lowest BCUT2D eigenvalue weighted by Gasteiger charge is -2.39. The van der Waals surface area contributed by atoms with E-state index in [0.717, 1.165) is 24.2 Å². The van der Waals surface area contributed by atoms with Crippen LogP contribution >= 0.6 is 0 Å². The number of benzene rings is 4. The first kappa shape index (κ1) is 38.6. The fraction of sp³-hybridized carbons (Fsp3) is 0.300. The number of aliphatic imine (C=N–C) groups is 2. The first-order valence-electron chi connectivity index (χ1n) is 16.6. The maximum Gasteiger partial charge on any atom is 0.240 e. The first-order valence-corrected chi connectivity index (χ1v) is 16.6. The topological polar surface area (TPSA) is 149 Å². The molecule has 0 aliphatic carbocycles. The lowest BCUT2D eigenvalue weighted by molar-refractivity contribution is -0.00430. The molecule has 0 radical (unpaired) electrons. The lowest BCUT2D eigenvalue weighted by Crippen LogP contribution is -2.54. The highest BCUT2D eigenvalue weighted by molar-refractivity contribution is 6.09. The van der Waals surface area contributed by atoms with Crippen LogP contribution in [0.1, 0.15) is 45.7 Å². The van der Waals surface area contributed by atoms with Crippen LogP contribution in [0.2, 0.25) is 0 Å². The predicted molar refractivity (Wildman–Crippen MR) is 194 cm³/mol. The molecular weight excluding hydrogens is 648 g/mol. The summed E-state index contributed by atoms with van der Waals surface area (Å²) in [6.07, 6.45) is 2.93. The summed E-state index contributed by atoms with van der Waals surface area (Å²) in [5.41, 5.74) is 4.54. The van der Waals surface area contributed by atoms with E-state index < -0.39 is 5.54 Å². The van der Waals surface area contributed by atoms with Gasteiger partial charge in [-0.15, -0.1) is 0 Å². The maximum atomic E-state index is 12.9. The average molecular weight is 691 g/mol. The highest BCUT2D eigenvalue weighted by Crippen LogP contribution is 2.30. The lowest BCUT2D eigenvalue weighted by atomic mass is 9.90. The third kappa shape index (κ3) is 10.9. The molecule has 0 spiro atoms. The quantitative estimate of drug-likeness (QED) is 0.102. The number of rotatable bonds is 14. The van der Waals surface area contributed by atoms with E-state index in [0.29, 0.717) is 66.5 Å². The number of hydrogen-bond donors (Lipinski definition) is 2. The van der Waals surface area contributed by atoms with Crippen molar-refractivity contribution < 1.29 is 34.1 Å². The van der Waals surface area contributed by atoms with Crippen LogP contribution in [-0.4, -0.2) is 102 Å². The molecular formula is C40H42N4O7. The number of isocyanates is 2. The Kier molecular flexibility index (Phi) is 14.6. The minimum Gasteiger partial charge on any atom is -0.395 e. The Balaban J connectivity index is 0.000000229. The second-order valence-electron chi connectivity index (χ2n) is 12.3. The van der Waals surface area contributed by atoms with E-state index in [1.165, 1.54) is 18.2 Å². The molecule has 5 rings (SSSR count). The summed E-state index contributed by atoms with van der Waals surface area (Å²) in [7, 11) is 0. The normalized spacial score (nSPS) is 13.0. The standard InChI is InChI=1S/C21H12N2O3.C19H30N2O4/c24-13-22-19-10-18(11-20(12-19)23-14-25)15-6-8-17(9-7-15)21(26)16-4-2-1-3-5-16;1-19(2,21-9-13-25-14-10-21)18(24)17-5-3-16(4-6-17)15-20(7-11-22)8-12-23/h1-12H;3-6,22-23H,7-15H2,1-2H3. The van der Waals surface area contributed by atoms with Crippen LogP contribution < -0.4 is 0 Å². The van der Waals surface area contributed by atoms with Gasteiger partial charge < -0.3 is 14.9 Å². The van der Waals surface area contributed by atoms with Crippen molar-refractivity contribution in [2.75, 3.05) is 52.6 Å². The van der Waals surface area contributed by atoms with Crippen LogP contribution in [0.3, 0.4) is 0 Å². The summed E-state index contributed by atoms with van der Waals surface area (Å²) in [5, 5.41) is 18.2. The third-order valence-corrected chi connectivity index (χ3v) is 8.58. The van der Waals surface area contributed by atoms with E-state index in [4.69, 9.17) is 14.9 Å². The van der Waals surface area contributed by atoms with Crippen LogP contribution in [0.25, 0.3) is 11.1 Å². The summed E-state index contributed by atoms with van der Waals surface area (Å²) in [6, 6.07) is 28.5. The molecule has 1 fully saturated rings. The van der Waals surface area contributed by atoms with Gasteiger partial charge in [-0.05, 0) is 48.7 Å². The Labute approximate surface area is 297 Å². The van der Waals surface area contributed by atoms with Gasteiger partial charge in [0, 0.05) is 49.4 Å². The zero-order chi connectivity index (χ0) is 36.6.